The van der Waals surface area contributed by atoms with Crippen LogP contribution in [0.1, 0.15) is 5.56 Å². The molecule has 2 aromatic rings. The van der Waals surface area contributed by atoms with Gasteiger partial charge in [0, 0.05) is 12.1 Å². The van der Waals surface area contributed by atoms with Gasteiger partial charge in [-0.05, 0) is 30.3 Å². The fourth-order valence-electron chi connectivity index (χ4n) is 3.48. The lowest BCUT2D eigenvalue weighted by Crippen LogP contribution is -2.48. The van der Waals surface area contributed by atoms with Crippen molar-refractivity contribution in [2.45, 2.75) is 12.5 Å². The minimum Gasteiger partial charge on any atom is -0.497 e. The lowest BCUT2D eigenvalue weighted by molar-refractivity contribution is -0.139. The fraction of sp³-hybridized carbons (Fsp3) is 0.435. The Morgan fingerprint density at radius 2 is 1.65 bits per heavy atom. The van der Waals surface area contributed by atoms with Gasteiger partial charge in [-0.2, -0.15) is 0 Å². The molecule has 1 saturated heterocycles. The minimum absolute atomic E-state index is 0.0109. The molecule has 8 nitrogen and oxygen atoms in total. The first kappa shape index (κ1) is 22.6. The van der Waals surface area contributed by atoms with Crippen LogP contribution >= 0.6 is 0 Å². The van der Waals surface area contributed by atoms with Crippen molar-refractivity contribution in [1.29, 1.82) is 0 Å². The predicted octanol–water partition coefficient (Wildman–Crippen LogP) is 2.57. The largest absolute Gasteiger partial charge is 0.497 e. The number of carbonyl (C=O) groups excluding carboxylic acids is 1. The maximum atomic E-state index is 13.0. The lowest BCUT2D eigenvalue weighted by atomic mass is 10.1. The number of methoxy groups -OCH3 is 4. The molecule has 8 heteroatoms. The molecule has 0 spiro atoms. The van der Waals surface area contributed by atoms with Gasteiger partial charge >= 0.3 is 0 Å². The highest BCUT2D eigenvalue weighted by Crippen LogP contribution is 2.40. The molecule has 31 heavy (non-hydrogen) atoms. The van der Waals surface area contributed by atoms with E-state index >= 15 is 0 Å². The van der Waals surface area contributed by atoms with E-state index in [1.54, 1.807) is 39.4 Å². The third-order valence-electron chi connectivity index (χ3n) is 5.11. The first-order chi connectivity index (χ1) is 15.1. The van der Waals surface area contributed by atoms with Crippen LogP contribution in [0.4, 0.5) is 0 Å². The Bertz CT molecular complexity index is 869. The van der Waals surface area contributed by atoms with Crippen molar-refractivity contribution in [3.63, 3.8) is 0 Å². The molecule has 168 valence electrons. The van der Waals surface area contributed by atoms with Crippen LogP contribution in [0.15, 0.2) is 36.4 Å². The van der Waals surface area contributed by atoms with E-state index in [4.69, 9.17) is 28.4 Å². The van der Waals surface area contributed by atoms with E-state index in [9.17, 15) is 4.79 Å². The zero-order valence-electron chi connectivity index (χ0n) is 18.4. The molecule has 0 saturated carbocycles. The summed E-state index contributed by atoms with van der Waals surface area (Å²) in [5.74, 6) is 3.01. The van der Waals surface area contributed by atoms with E-state index in [0.717, 1.165) is 17.1 Å². The second-order valence-electron chi connectivity index (χ2n) is 6.99. The third kappa shape index (κ3) is 5.52. The van der Waals surface area contributed by atoms with Crippen molar-refractivity contribution in [2.24, 2.45) is 0 Å². The highest BCUT2D eigenvalue weighted by molar-refractivity contribution is 5.80. The average molecular weight is 431 g/mol. The highest BCUT2D eigenvalue weighted by atomic mass is 16.5. The van der Waals surface area contributed by atoms with Crippen molar-refractivity contribution in [1.82, 2.24) is 4.90 Å². The number of hydrogen-bond acceptors (Lipinski definition) is 7. The van der Waals surface area contributed by atoms with Gasteiger partial charge in [0.1, 0.15) is 24.2 Å². The number of nitrogens with zero attached hydrogens (tertiary/aromatic N) is 1. The number of hydrogen-bond donors (Lipinski definition) is 0. The zero-order chi connectivity index (χ0) is 22.2. The van der Waals surface area contributed by atoms with Gasteiger partial charge in [0.25, 0.3) is 0 Å². The Morgan fingerprint density at radius 3 is 2.29 bits per heavy atom. The van der Waals surface area contributed by atoms with Crippen LogP contribution in [0.3, 0.4) is 0 Å². The number of benzene rings is 2. The SMILES string of the molecule is COc1ccc(OCC2CN(C(=O)Cc3ccc(OC)c(OC)c3OC)CCO2)cc1. The monoisotopic (exact) mass is 431 g/mol. The normalized spacial score (nSPS) is 15.9. The van der Waals surface area contributed by atoms with E-state index in [1.807, 2.05) is 30.3 Å². The maximum Gasteiger partial charge on any atom is 0.227 e. The second kappa shape index (κ2) is 10.8. The summed E-state index contributed by atoms with van der Waals surface area (Å²) in [6, 6.07) is 11.0. The zero-order valence-corrected chi connectivity index (χ0v) is 18.4. The van der Waals surface area contributed by atoms with Crippen LogP contribution in [-0.4, -0.2) is 71.7 Å². The average Bonchev–Trinajstić information content (AvgIpc) is 2.82. The number of rotatable bonds is 9. The van der Waals surface area contributed by atoms with Crippen LogP contribution < -0.4 is 23.7 Å². The van der Waals surface area contributed by atoms with Gasteiger partial charge in [0.15, 0.2) is 11.5 Å². The molecule has 2 aromatic carbocycles. The van der Waals surface area contributed by atoms with Crippen molar-refractivity contribution in [2.75, 3.05) is 54.7 Å². The first-order valence-electron chi connectivity index (χ1n) is 10.0. The quantitative estimate of drug-likeness (QED) is 0.604. The number of carbonyl (C=O) groups is 1. The molecule has 0 bridgehead atoms. The van der Waals surface area contributed by atoms with E-state index in [0.29, 0.717) is 43.6 Å². The third-order valence-corrected chi connectivity index (χ3v) is 5.11. The molecule has 0 aliphatic carbocycles. The number of ether oxygens (including phenoxy) is 6. The van der Waals surface area contributed by atoms with Gasteiger partial charge in [-0.1, -0.05) is 6.07 Å². The summed E-state index contributed by atoms with van der Waals surface area (Å²) in [5.41, 5.74) is 0.739. The summed E-state index contributed by atoms with van der Waals surface area (Å²) in [7, 11) is 6.27. The summed E-state index contributed by atoms with van der Waals surface area (Å²) < 4.78 is 33.0. The van der Waals surface area contributed by atoms with E-state index in [2.05, 4.69) is 0 Å². The smallest absolute Gasteiger partial charge is 0.227 e. The summed E-state index contributed by atoms with van der Waals surface area (Å²) in [4.78, 5) is 14.8. The lowest BCUT2D eigenvalue weighted by Gasteiger charge is -2.33. The fourth-order valence-corrected chi connectivity index (χ4v) is 3.48. The van der Waals surface area contributed by atoms with Crippen LogP contribution in [0, 0.1) is 0 Å². The van der Waals surface area contributed by atoms with Crippen LogP contribution in [0.25, 0.3) is 0 Å². The Hall–Kier alpha value is -3.13. The Balaban J connectivity index is 1.60. The van der Waals surface area contributed by atoms with Crippen molar-refractivity contribution in [3.05, 3.63) is 42.0 Å². The molecule has 1 aliphatic rings. The Labute approximate surface area is 182 Å². The van der Waals surface area contributed by atoms with Crippen molar-refractivity contribution < 1.29 is 33.2 Å². The molecule has 1 fully saturated rings. The predicted molar refractivity (Wildman–Crippen MR) is 115 cm³/mol. The van der Waals surface area contributed by atoms with Gasteiger partial charge in [-0.25, -0.2) is 0 Å². The number of morpholine rings is 1. The standard InChI is InChI=1S/C23H29NO7/c1-26-17-6-8-18(9-7-17)31-15-19-14-24(11-12-30-19)21(25)13-16-5-10-20(27-2)23(29-4)22(16)28-3/h5-10,19H,11-15H2,1-4H3. The van der Waals surface area contributed by atoms with Crippen LogP contribution in [0.5, 0.6) is 28.7 Å². The van der Waals surface area contributed by atoms with E-state index in [-0.39, 0.29) is 18.4 Å². The molecule has 0 aromatic heterocycles. The molecular formula is C23H29NO7. The van der Waals surface area contributed by atoms with Gasteiger partial charge < -0.3 is 33.3 Å². The summed E-state index contributed by atoms with van der Waals surface area (Å²) in [6.45, 7) is 1.82. The minimum atomic E-state index is -0.202. The van der Waals surface area contributed by atoms with E-state index in [1.165, 1.54) is 0 Å². The summed E-state index contributed by atoms with van der Waals surface area (Å²) >= 11 is 0. The van der Waals surface area contributed by atoms with Crippen LogP contribution in [-0.2, 0) is 16.0 Å². The topological polar surface area (TPSA) is 75.7 Å². The molecule has 1 atom stereocenters. The second-order valence-corrected chi connectivity index (χ2v) is 6.99. The van der Waals surface area contributed by atoms with Crippen molar-refractivity contribution >= 4 is 5.91 Å². The first-order valence-corrected chi connectivity index (χ1v) is 10.0. The number of amides is 1. The molecule has 0 radical (unpaired) electrons. The maximum absolute atomic E-state index is 13.0. The Kier molecular flexibility index (Phi) is 7.83. The van der Waals surface area contributed by atoms with Gasteiger partial charge in [-0.3, -0.25) is 4.79 Å². The van der Waals surface area contributed by atoms with Gasteiger partial charge in [0.05, 0.1) is 48.0 Å². The molecule has 1 heterocycles. The Morgan fingerprint density at radius 1 is 0.935 bits per heavy atom. The summed E-state index contributed by atoms with van der Waals surface area (Å²) in [5, 5.41) is 0. The van der Waals surface area contributed by atoms with Gasteiger partial charge in [0.2, 0.25) is 11.7 Å². The van der Waals surface area contributed by atoms with Crippen LogP contribution in [0.2, 0.25) is 0 Å². The molecule has 1 unspecified atom stereocenters. The van der Waals surface area contributed by atoms with Crippen molar-refractivity contribution in [3.8, 4) is 28.7 Å². The van der Waals surface area contributed by atoms with Gasteiger partial charge in [-0.15, -0.1) is 0 Å². The highest BCUT2D eigenvalue weighted by Gasteiger charge is 2.26. The molecule has 3 rings (SSSR count). The molecule has 0 N–H and O–H groups in total. The molecular weight excluding hydrogens is 402 g/mol. The molecule has 1 aliphatic heterocycles. The molecule has 1 amide bonds. The summed E-state index contributed by atoms with van der Waals surface area (Å²) in [6.07, 6.45) is -0.0117. The van der Waals surface area contributed by atoms with E-state index < -0.39 is 0 Å².